The lowest BCUT2D eigenvalue weighted by molar-refractivity contribution is 0.0939. The highest BCUT2D eigenvalue weighted by Crippen LogP contribution is 2.20. The van der Waals surface area contributed by atoms with Crippen molar-refractivity contribution in [3.05, 3.63) is 53.3 Å². The summed E-state index contributed by atoms with van der Waals surface area (Å²) in [6.07, 6.45) is -0.804. The molecule has 0 fully saturated rings. The van der Waals surface area contributed by atoms with Crippen LogP contribution < -0.4 is 5.32 Å². The molecule has 0 unspecified atom stereocenters. The zero-order chi connectivity index (χ0) is 14.5. The van der Waals surface area contributed by atoms with Crippen LogP contribution in [0.4, 0.5) is 8.78 Å². The van der Waals surface area contributed by atoms with E-state index in [9.17, 15) is 13.6 Å². The van der Waals surface area contributed by atoms with E-state index in [0.29, 0.717) is 13.0 Å². The summed E-state index contributed by atoms with van der Waals surface area (Å²) in [5.74, 6) is -0.524. The van der Waals surface area contributed by atoms with E-state index in [4.69, 9.17) is 0 Å². The Kier molecular flexibility index (Phi) is 4.45. The summed E-state index contributed by atoms with van der Waals surface area (Å²) in [6.45, 7) is 0.389. The summed E-state index contributed by atoms with van der Waals surface area (Å²) in [6, 6.07) is 9.62. The molecule has 1 heterocycles. The normalized spacial score (nSPS) is 10.8. The topological polar surface area (TPSA) is 46.9 Å². The van der Waals surface area contributed by atoms with Crippen molar-refractivity contribution in [2.24, 2.45) is 7.05 Å². The number of benzene rings is 1. The first-order chi connectivity index (χ1) is 9.58. The van der Waals surface area contributed by atoms with Crippen LogP contribution in [-0.2, 0) is 13.5 Å². The van der Waals surface area contributed by atoms with Gasteiger partial charge in [-0.3, -0.25) is 9.48 Å². The molecule has 20 heavy (non-hydrogen) atoms. The predicted molar refractivity (Wildman–Crippen MR) is 70.6 cm³/mol. The molecular weight excluding hydrogens is 264 g/mol. The number of alkyl halides is 2. The number of hydrogen-bond donors (Lipinski definition) is 1. The Balaban J connectivity index is 1.95. The first kappa shape index (κ1) is 14.2. The van der Waals surface area contributed by atoms with Crippen molar-refractivity contribution in [2.45, 2.75) is 12.8 Å². The number of carbonyl (C=O) groups excluding carboxylic acids is 1. The molecular formula is C14H15F2N3O. The van der Waals surface area contributed by atoms with Crippen molar-refractivity contribution in [3.63, 3.8) is 0 Å². The molecule has 0 aliphatic carbocycles. The molecule has 2 rings (SSSR count). The van der Waals surface area contributed by atoms with Crippen LogP contribution in [0.15, 0.2) is 36.5 Å². The van der Waals surface area contributed by atoms with Crippen LogP contribution in [0.2, 0.25) is 0 Å². The summed E-state index contributed by atoms with van der Waals surface area (Å²) in [5.41, 5.74) is 0.522. The molecule has 1 amide bonds. The number of rotatable bonds is 5. The number of hydrogen-bond acceptors (Lipinski definition) is 2. The van der Waals surface area contributed by atoms with Crippen LogP contribution in [0.1, 0.15) is 28.0 Å². The molecule has 1 aromatic heterocycles. The lowest BCUT2D eigenvalue weighted by atomic mass is 10.1. The van der Waals surface area contributed by atoms with Crippen LogP contribution in [0.25, 0.3) is 0 Å². The smallest absolute Gasteiger partial charge is 0.282 e. The quantitative estimate of drug-likeness (QED) is 0.913. The maximum Gasteiger partial charge on any atom is 0.282 e. The van der Waals surface area contributed by atoms with Gasteiger partial charge < -0.3 is 5.32 Å². The average molecular weight is 279 g/mol. The number of nitrogens with zero attached hydrogens (tertiary/aromatic N) is 2. The van der Waals surface area contributed by atoms with Gasteiger partial charge in [-0.2, -0.15) is 5.10 Å². The molecule has 0 bridgehead atoms. The first-order valence-electron chi connectivity index (χ1n) is 6.21. The summed E-state index contributed by atoms with van der Waals surface area (Å²) in [5, 5.41) is 6.23. The minimum Gasteiger partial charge on any atom is -0.352 e. The van der Waals surface area contributed by atoms with Gasteiger partial charge in [-0.05, 0) is 12.0 Å². The molecule has 0 spiro atoms. The molecule has 4 nitrogen and oxygen atoms in total. The molecule has 106 valence electrons. The van der Waals surface area contributed by atoms with Crippen molar-refractivity contribution in [2.75, 3.05) is 6.54 Å². The van der Waals surface area contributed by atoms with E-state index >= 15 is 0 Å². The number of halogens is 2. The second-order valence-electron chi connectivity index (χ2n) is 4.39. The van der Waals surface area contributed by atoms with Gasteiger partial charge in [0.05, 0.1) is 5.56 Å². The van der Waals surface area contributed by atoms with Crippen LogP contribution in [-0.4, -0.2) is 22.2 Å². The van der Waals surface area contributed by atoms with Gasteiger partial charge in [0, 0.05) is 19.8 Å². The Bertz CT molecular complexity index is 581. The highest BCUT2D eigenvalue weighted by Gasteiger charge is 2.22. The zero-order valence-corrected chi connectivity index (χ0v) is 11.0. The summed E-state index contributed by atoms with van der Waals surface area (Å²) < 4.78 is 26.7. The number of amides is 1. The van der Waals surface area contributed by atoms with Crippen LogP contribution in [0, 0.1) is 0 Å². The maximum absolute atomic E-state index is 12.7. The van der Waals surface area contributed by atoms with Crippen molar-refractivity contribution < 1.29 is 13.6 Å². The zero-order valence-electron chi connectivity index (χ0n) is 11.0. The van der Waals surface area contributed by atoms with Crippen molar-refractivity contribution in [1.29, 1.82) is 0 Å². The van der Waals surface area contributed by atoms with Gasteiger partial charge in [-0.1, -0.05) is 30.3 Å². The van der Waals surface area contributed by atoms with Gasteiger partial charge in [-0.25, -0.2) is 8.78 Å². The van der Waals surface area contributed by atoms with E-state index in [-0.39, 0.29) is 5.56 Å². The Hall–Kier alpha value is -2.24. The molecule has 0 saturated heterocycles. The molecule has 6 heteroatoms. The van der Waals surface area contributed by atoms with Gasteiger partial charge in [0.1, 0.15) is 5.69 Å². The Labute approximate surface area is 115 Å². The molecule has 0 radical (unpaired) electrons. The number of carbonyl (C=O) groups is 1. The minimum atomic E-state index is -2.76. The highest BCUT2D eigenvalue weighted by atomic mass is 19.3. The van der Waals surface area contributed by atoms with Crippen molar-refractivity contribution >= 4 is 5.91 Å². The van der Waals surface area contributed by atoms with Crippen molar-refractivity contribution in [1.82, 2.24) is 15.1 Å². The SMILES string of the molecule is Cn1cc(C(=O)NCCc2ccccc2)c(C(F)F)n1. The molecule has 1 N–H and O–H groups in total. The number of nitrogens with one attached hydrogen (secondary N) is 1. The Morgan fingerprint density at radius 3 is 2.70 bits per heavy atom. The third kappa shape index (κ3) is 3.40. The standard InChI is InChI=1S/C14H15F2N3O/c1-19-9-11(12(18-19)13(15)16)14(20)17-8-7-10-5-3-2-4-6-10/h2-6,9,13H,7-8H2,1H3,(H,17,20). The molecule has 1 aromatic carbocycles. The van der Waals surface area contributed by atoms with Gasteiger partial charge in [-0.15, -0.1) is 0 Å². The van der Waals surface area contributed by atoms with Gasteiger partial charge >= 0.3 is 0 Å². The molecule has 0 aliphatic heterocycles. The number of aromatic nitrogens is 2. The molecule has 0 aliphatic rings. The van der Waals surface area contributed by atoms with Crippen molar-refractivity contribution in [3.8, 4) is 0 Å². The monoisotopic (exact) mass is 279 g/mol. The fourth-order valence-electron chi connectivity index (χ4n) is 1.90. The van der Waals surface area contributed by atoms with E-state index in [0.717, 1.165) is 5.56 Å². The van der Waals surface area contributed by atoms with E-state index in [2.05, 4.69) is 10.4 Å². The van der Waals surface area contributed by atoms with Gasteiger partial charge in [0.25, 0.3) is 12.3 Å². The molecule has 0 atom stereocenters. The second-order valence-corrected chi connectivity index (χ2v) is 4.39. The fraction of sp³-hybridized carbons (Fsp3) is 0.286. The van der Waals surface area contributed by atoms with E-state index in [1.54, 1.807) is 0 Å². The van der Waals surface area contributed by atoms with Gasteiger partial charge in [0.15, 0.2) is 0 Å². The lowest BCUT2D eigenvalue weighted by Gasteiger charge is -2.05. The summed E-state index contributed by atoms with van der Waals surface area (Å²) >= 11 is 0. The first-order valence-corrected chi connectivity index (χ1v) is 6.21. The third-order valence-electron chi connectivity index (χ3n) is 2.85. The summed E-state index contributed by atoms with van der Waals surface area (Å²) in [4.78, 5) is 11.9. The van der Waals surface area contributed by atoms with E-state index in [1.807, 2.05) is 30.3 Å². The predicted octanol–water partition coefficient (Wildman–Crippen LogP) is 2.33. The molecule has 0 saturated carbocycles. The highest BCUT2D eigenvalue weighted by molar-refractivity contribution is 5.95. The summed E-state index contributed by atoms with van der Waals surface area (Å²) in [7, 11) is 1.51. The van der Waals surface area contributed by atoms with Crippen LogP contribution in [0.3, 0.4) is 0 Å². The third-order valence-corrected chi connectivity index (χ3v) is 2.85. The van der Waals surface area contributed by atoms with Gasteiger partial charge in [0.2, 0.25) is 0 Å². The maximum atomic E-state index is 12.7. The van der Waals surface area contributed by atoms with Crippen LogP contribution in [0.5, 0.6) is 0 Å². The fourth-order valence-corrected chi connectivity index (χ4v) is 1.90. The largest absolute Gasteiger partial charge is 0.352 e. The Morgan fingerprint density at radius 1 is 1.35 bits per heavy atom. The average Bonchev–Trinajstić information content (AvgIpc) is 2.82. The van der Waals surface area contributed by atoms with E-state index in [1.165, 1.54) is 17.9 Å². The minimum absolute atomic E-state index is 0.0736. The van der Waals surface area contributed by atoms with E-state index < -0.39 is 18.0 Å². The Morgan fingerprint density at radius 2 is 2.05 bits per heavy atom. The number of aryl methyl sites for hydroxylation is 1. The second kappa shape index (κ2) is 6.27. The molecule has 2 aromatic rings. The van der Waals surface area contributed by atoms with Crippen LogP contribution >= 0.6 is 0 Å². The lowest BCUT2D eigenvalue weighted by Crippen LogP contribution is -2.26.